The molecule has 1 aromatic rings. The summed E-state index contributed by atoms with van der Waals surface area (Å²) in [5.74, 6) is 0.380. The Morgan fingerprint density at radius 1 is 1.12 bits per heavy atom. The van der Waals surface area contributed by atoms with E-state index in [2.05, 4.69) is 24.9 Å². The third-order valence-electron chi connectivity index (χ3n) is 5.78. The van der Waals surface area contributed by atoms with E-state index in [0.717, 1.165) is 78.4 Å². The van der Waals surface area contributed by atoms with Crippen LogP contribution in [0.5, 0.6) is 0 Å². The Morgan fingerprint density at radius 2 is 1.96 bits per heavy atom. The number of hydrogen-bond acceptors (Lipinski definition) is 5. The molecule has 0 saturated carbocycles. The molecule has 3 saturated heterocycles. The maximum Gasteiger partial charge on any atom is 0.230 e. The third-order valence-corrected chi connectivity index (χ3v) is 5.78. The topological polar surface area (TPSA) is 64.7 Å². The van der Waals surface area contributed by atoms with Gasteiger partial charge in [-0.1, -0.05) is 0 Å². The Bertz CT molecular complexity index is 557. The summed E-state index contributed by atoms with van der Waals surface area (Å²) >= 11 is 0. The Morgan fingerprint density at radius 3 is 2.75 bits per heavy atom. The van der Waals surface area contributed by atoms with Gasteiger partial charge in [-0.3, -0.25) is 19.7 Å². The first-order chi connectivity index (χ1) is 11.8. The molecule has 1 unspecified atom stereocenters. The monoisotopic (exact) mass is 333 g/mol. The lowest BCUT2D eigenvalue weighted by atomic mass is 9.85. The van der Waals surface area contributed by atoms with Gasteiger partial charge in [-0.15, -0.1) is 0 Å². The lowest BCUT2D eigenvalue weighted by Gasteiger charge is -2.29. The minimum absolute atomic E-state index is 0.130. The minimum Gasteiger partial charge on any atom is -0.379 e. The molecule has 4 heterocycles. The number of nitrogens with one attached hydrogen (secondary N) is 1. The zero-order valence-electron chi connectivity index (χ0n) is 14.2. The van der Waals surface area contributed by atoms with E-state index in [1.165, 1.54) is 5.56 Å². The highest BCUT2D eigenvalue weighted by molar-refractivity contribution is 5.85. The second-order valence-corrected chi connectivity index (χ2v) is 7.34. The fourth-order valence-corrected chi connectivity index (χ4v) is 4.29. The highest BCUT2D eigenvalue weighted by Crippen LogP contribution is 2.40. The van der Waals surface area contributed by atoms with Crippen LogP contribution in [0.4, 0.5) is 0 Å². The molecule has 4 rings (SSSR count). The summed E-state index contributed by atoms with van der Waals surface area (Å²) in [4.78, 5) is 19.9. The van der Waals surface area contributed by atoms with Crippen LogP contribution in [0.1, 0.15) is 18.4 Å². The summed E-state index contributed by atoms with van der Waals surface area (Å²) < 4.78 is 5.39. The van der Waals surface area contributed by atoms with Crippen LogP contribution in [0.15, 0.2) is 12.4 Å². The predicted molar refractivity (Wildman–Crippen MR) is 89.4 cm³/mol. The maximum atomic E-state index is 13.0. The van der Waals surface area contributed by atoms with Gasteiger partial charge in [0.25, 0.3) is 0 Å². The minimum atomic E-state index is -0.130. The maximum absolute atomic E-state index is 13.0. The summed E-state index contributed by atoms with van der Waals surface area (Å²) in [5, 5.41) is 6.87. The van der Waals surface area contributed by atoms with Gasteiger partial charge >= 0.3 is 0 Å². The van der Waals surface area contributed by atoms with Gasteiger partial charge in [-0.25, -0.2) is 0 Å². The Labute approximate surface area is 142 Å². The van der Waals surface area contributed by atoms with E-state index >= 15 is 0 Å². The number of likely N-dealkylation sites (tertiary alicyclic amines) is 2. The van der Waals surface area contributed by atoms with Gasteiger partial charge in [-0.05, 0) is 19.4 Å². The highest BCUT2D eigenvalue weighted by Gasteiger charge is 2.50. The first kappa shape index (κ1) is 16.1. The van der Waals surface area contributed by atoms with E-state index in [1.54, 1.807) is 0 Å². The molecular formula is C17H27N5O2. The number of amides is 1. The fraction of sp³-hybridized carbons (Fsp3) is 0.765. The predicted octanol–water partition coefficient (Wildman–Crippen LogP) is 0.166. The lowest BCUT2D eigenvalue weighted by molar-refractivity contribution is -0.135. The van der Waals surface area contributed by atoms with Gasteiger partial charge in [0.05, 0.1) is 24.8 Å². The van der Waals surface area contributed by atoms with Crippen LogP contribution in [0.2, 0.25) is 0 Å². The van der Waals surface area contributed by atoms with Crippen LogP contribution in [0.25, 0.3) is 0 Å². The molecule has 7 nitrogen and oxygen atoms in total. The number of ether oxygens (including phenoxy) is 1. The molecule has 1 atom stereocenters. The number of morpholine rings is 1. The SMILES string of the molecule is O=C1N(CCN2CCOCC2)CCC12CCN(Cc1cn[nH]c1)C2. The van der Waals surface area contributed by atoms with Crippen molar-refractivity contribution in [2.45, 2.75) is 19.4 Å². The molecule has 1 amide bonds. The van der Waals surface area contributed by atoms with E-state index < -0.39 is 0 Å². The lowest BCUT2D eigenvalue weighted by Crippen LogP contribution is -2.43. The molecule has 0 radical (unpaired) electrons. The van der Waals surface area contributed by atoms with Crippen molar-refractivity contribution in [2.75, 3.05) is 59.0 Å². The fourth-order valence-electron chi connectivity index (χ4n) is 4.29. The van der Waals surface area contributed by atoms with E-state index in [0.29, 0.717) is 5.91 Å². The molecule has 3 aliphatic rings. The van der Waals surface area contributed by atoms with Gasteiger partial charge < -0.3 is 9.64 Å². The van der Waals surface area contributed by atoms with Crippen molar-refractivity contribution in [1.82, 2.24) is 24.9 Å². The van der Waals surface area contributed by atoms with Gasteiger partial charge in [0.2, 0.25) is 5.91 Å². The quantitative estimate of drug-likeness (QED) is 0.832. The van der Waals surface area contributed by atoms with Gasteiger partial charge in [0.15, 0.2) is 0 Å². The molecule has 1 aromatic heterocycles. The van der Waals surface area contributed by atoms with Crippen molar-refractivity contribution in [1.29, 1.82) is 0 Å². The van der Waals surface area contributed by atoms with Gasteiger partial charge in [-0.2, -0.15) is 5.10 Å². The normalized spacial score (nSPS) is 29.2. The van der Waals surface area contributed by atoms with E-state index in [-0.39, 0.29) is 5.41 Å². The molecule has 24 heavy (non-hydrogen) atoms. The summed E-state index contributed by atoms with van der Waals surface area (Å²) in [6, 6.07) is 0. The van der Waals surface area contributed by atoms with Crippen molar-refractivity contribution in [3.05, 3.63) is 18.0 Å². The number of nitrogens with zero attached hydrogens (tertiary/aromatic N) is 4. The summed E-state index contributed by atoms with van der Waals surface area (Å²) in [7, 11) is 0. The van der Waals surface area contributed by atoms with Crippen LogP contribution >= 0.6 is 0 Å². The number of carbonyl (C=O) groups is 1. The smallest absolute Gasteiger partial charge is 0.230 e. The molecular weight excluding hydrogens is 306 g/mol. The van der Waals surface area contributed by atoms with Crippen LogP contribution in [-0.2, 0) is 16.1 Å². The number of aromatic nitrogens is 2. The zero-order valence-corrected chi connectivity index (χ0v) is 14.2. The second kappa shape index (κ2) is 6.82. The van der Waals surface area contributed by atoms with Crippen molar-refractivity contribution in [2.24, 2.45) is 5.41 Å². The molecule has 1 spiro atoms. The van der Waals surface area contributed by atoms with Gasteiger partial charge in [0, 0.05) is 57.6 Å². The van der Waals surface area contributed by atoms with Crippen LogP contribution in [-0.4, -0.2) is 89.8 Å². The highest BCUT2D eigenvalue weighted by atomic mass is 16.5. The molecule has 0 aromatic carbocycles. The van der Waals surface area contributed by atoms with Crippen molar-refractivity contribution in [3.8, 4) is 0 Å². The Kier molecular flexibility index (Phi) is 4.56. The molecule has 7 heteroatoms. The average molecular weight is 333 g/mol. The van der Waals surface area contributed by atoms with Crippen molar-refractivity contribution in [3.63, 3.8) is 0 Å². The van der Waals surface area contributed by atoms with Crippen molar-refractivity contribution >= 4 is 5.91 Å². The Hall–Kier alpha value is -1.44. The summed E-state index contributed by atoms with van der Waals surface area (Å²) in [6.07, 6.45) is 5.82. The first-order valence-corrected chi connectivity index (χ1v) is 9.05. The molecule has 3 aliphatic heterocycles. The van der Waals surface area contributed by atoms with Crippen LogP contribution in [0, 0.1) is 5.41 Å². The molecule has 1 N–H and O–H groups in total. The van der Waals surface area contributed by atoms with E-state index in [4.69, 9.17) is 4.74 Å². The number of rotatable bonds is 5. The number of H-pyrrole nitrogens is 1. The third kappa shape index (κ3) is 3.20. The standard InChI is InChI=1S/C17H27N5O2/c23-16-17(1-3-21(14-17)13-15-11-18-19-12-15)2-4-22(16)6-5-20-7-9-24-10-8-20/h11-12H,1-10,13-14H2,(H,18,19). The number of carbonyl (C=O) groups excluding carboxylic acids is 1. The molecule has 0 aliphatic carbocycles. The largest absolute Gasteiger partial charge is 0.379 e. The average Bonchev–Trinajstić information content (AvgIpc) is 3.32. The second-order valence-electron chi connectivity index (χ2n) is 7.34. The summed E-state index contributed by atoms with van der Waals surface area (Å²) in [5.41, 5.74) is 1.07. The number of aromatic amines is 1. The van der Waals surface area contributed by atoms with Crippen LogP contribution < -0.4 is 0 Å². The Balaban J connectivity index is 1.30. The van der Waals surface area contributed by atoms with Crippen LogP contribution in [0.3, 0.4) is 0 Å². The molecule has 0 bridgehead atoms. The van der Waals surface area contributed by atoms with E-state index in [1.807, 2.05) is 12.4 Å². The van der Waals surface area contributed by atoms with Crippen molar-refractivity contribution < 1.29 is 9.53 Å². The number of hydrogen-bond donors (Lipinski definition) is 1. The first-order valence-electron chi connectivity index (χ1n) is 9.05. The molecule has 132 valence electrons. The summed E-state index contributed by atoms with van der Waals surface area (Å²) in [6.45, 7) is 9.17. The van der Waals surface area contributed by atoms with Gasteiger partial charge in [0.1, 0.15) is 0 Å². The zero-order chi connectivity index (χ0) is 16.4. The van der Waals surface area contributed by atoms with E-state index in [9.17, 15) is 4.79 Å². The molecule has 3 fully saturated rings.